The number of nitrogens with zero attached hydrogens (tertiary/aromatic N) is 1. The van der Waals surface area contributed by atoms with E-state index in [2.05, 4.69) is 28.2 Å². The molecule has 1 aromatic heterocycles. The van der Waals surface area contributed by atoms with Crippen LogP contribution < -0.4 is 15.8 Å². The maximum Gasteiger partial charge on any atom is 0.253 e. The van der Waals surface area contributed by atoms with Crippen LogP contribution in [0, 0.1) is 27.7 Å². The molecule has 0 aliphatic carbocycles. The maximum absolute atomic E-state index is 13.1. The van der Waals surface area contributed by atoms with Crippen molar-refractivity contribution in [2.24, 2.45) is 0 Å². The quantitative estimate of drug-likeness (QED) is 0.723. The van der Waals surface area contributed by atoms with Gasteiger partial charge in [0.2, 0.25) is 0 Å². The Labute approximate surface area is 183 Å². The number of aryl methyl sites for hydroxylation is 3. The van der Waals surface area contributed by atoms with Crippen LogP contribution >= 0.6 is 11.8 Å². The van der Waals surface area contributed by atoms with Crippen LogP contribution in [0.5, 0.6) is 0 Å². The molecule has 1 aliphatic rings. The van der Waals surface area contributed by atoms with Crippen molar-refractivity contribution >= 4 is 23.4 Å². The van der Waals surface area contributed by atoms with Crippen molar-refractivity contribution in [3.05, 3.63) is 62.1 Å². The minimum atomic E-state index is -0.137. The number of carbonyl (C=O) groups excluding carboxylic acids is 1. The zero-order chi connectivity index (χ0) is 21.8. The molecule has 6 heteroatoms. The first kappa shape index (κ1) is 22.5. The molecule has 162 valence electrons. The van der Waals surface area contributed by atoms with Gasteiger partial charge in [0.05, 0.1) is 0 Å². The lowest BCUT2D eigenvalue weighted by atomic mass is 9.99. The summed E-state index contributed by atoms with van der Waals surface area (Å²) in [7, 11) is 0. The van der Waals surface area contributed by atoms with E-state index in [0.29, 0.717) is 17.2 Å². The van der Waals surface area contributed by atoms with Gasteiger partial charge in [-0.2, -0.15) is 11.8 Å². The molecular weight excluding hydrogens is 394 g/mol. The number of aromatic amines is 1. The number of hydrogen-bond donors (Lipinski definition) is 2. The van der Waals surface area contributed by atoms with Crippen molar-refractivity contribution in [1.82, 2.24) is 10.3 Å². The molecule has 2 aromatic rings. The van der Waals surface area contributed by atoms with E-state index in [9.17, 15) is 9.59 Å². The molecule has 1 saturated heterocycles. The monoisotopic (exact) mass is 427 g/mol. The predicted octanol–water partition coefficient (Wildman–Crippen LogP) is 4.26. The summed E-state index contributed by atoms with van der Waals surface area (Å²) < 4.78 is 0. The standard InChI is InChI=1S/C24H33N3O2S/c1-6-27(19-7-9-30-10-8-19)22-12-15(2)11-20(18(22)5)23(28)25-14-21-16(3)13-17(4)26-24(21)29/h11-13,19H,6-10,14H2,1-5H3,(H,25,28)(H,26,29). The zero-order valence-electron chi connectivity index (χ0n) is 18.7. The van der Waals surface area contributed by atoms with Gasteiger partial charge in [0.25, 0.3) is 11.5 Å². The lowest BCUT2D eigenvalue weighted by Crippen LogP contribution is -2.38. The Hall–Kier alpha value is -2.21. The Bertz CT molecular complexity index is 977. The zero-order valence-corrected chi connectivity index (χ0v) is 19.5. The van der Waals surface area contributed by atoms with Crippen molar-refractivity contribution in [3.63, 3.8) is 0 Å². The third kappa shape index (κ3) is 4.91. The van der Waals surface area contributed by atoms with E-state index in [0.717, 1.165) is 34.6 Å². The van der Waals surface area contributed by atoms with Crippen molar-refractivity contribution in [3.8, 4) is 0 Å². The number of thioether (sulfide) groups is 1. The fourth-order valence-electron chi connectivity index (χ4n) is 4.36. The van der Waals surface area contributed by atoms with Crippen LogP contribution in [-0.2, 0) is 6.54 Å². The third-order valence-corrected chi connectivity index (χ3v) is 7.02. The average Bonchev–Trinajstić information content (AvgIpc) is 2.70. The van der Waals surface area contributed by atoms with Crippen LogP contribution in [0.3, 0.4) is 0 Å². The summed E-state index contributed by atoms with van der Waals surface area (Å²) in [6.45, 7) is 11.2. The molecule has 0 unspecified atom stereocenters. The van der Waals surface area contributed by atoms with Gasteiger partial charge in [0.15, 0.2) is 0 Å². The highest BCUT2D eigenvalue weighted by atomic mass is 32.2. The molecule has 2 heterocycles. The Kier molecular flexibility index (Phi) is 7.29. The van der Waals surface area contributed by atoms with Crippen molar-refractivity contribution in [2.75, 3.05) is 23.0 Å². The van der Waals surface area contributed by atoms with Gasteiger partial charge in [-0.3, -0.25) is 9.59 Å². The van der Waals surface area contributed by atoms with Crippen LogP contribution in [-0.4, -0.2) is 35.0 Å². The van der Waals surface area contributed by atoms with Gasteiger partial charge in [-0.25, -0.2) is 0 Å². The normalized spacial score (nSPS) is 14.6. The van der Waals surface area contributed by atoms with Gasteiger partial charge in [-0.05, 0) is 93.9 Å². The van der Waals surface area contributed by atoms with Gasteiger partial charge in [0, 0.05) is 41.6 Å². The van der Waals surface area contributed by atoms with E-state index in [1.54, 1.807) is 0 Å². The molecular formula is C24H33N3O2S. The molecule has 0 radical (unpaired) electrons. The number of benzene rings is 1. The van der Waals surface area contributed by atoms with E-state index in [1.807, 2.05) is 51.6 Å². The maximum atomic E-state index is 13.1. The largest absolute Gasteiger partial charge is 0.369 e. The minimum Gasteiger partial charge on any atom is -0.369 e. The first-order chi connectivity index (χ1) is 14.3. The van der Waals surface area contributed by atoms with E-state index in [-0.39, 0.29) is 18.0 Å². The molecule has 2 N–H and O–H groups in total. The number of carbonyl (C=O) groups is 1. The molecule has 3 rings (SSSR count). The van der Waals surface area contributed by atoms with Crippen molar-refractivity contribution in [1.29, 1.82) is 0 Å². The Morgan fingerprint density at radius 1 is 1.17 bits per heavy atom. The molecule has 1 amide bonds. The van der Waals surface area contributed by atoms with E-state index >= 15 is 0 Å². The van der Waals surface area contributed by atoms with E-state index < -0.39 is 0 Å². The predicted molar refractivity (Wildman–Crippen MR) is 127 cm³/mol. The Morgan fingerprint density at radius 2 is 1.87 bits per heavy atom. The first-order valence-corrected chi connectivity index (χ1v) is 11.9. The van der Waals surface area contributed by atoms with Crippen LogP contribution in [0.2, 0.25) is 0 Å². The molecule has 1 fully saturated rings. The number of pyridine rings is 1. The van der Waals surface area contributed by atoms with Crippen LogP contribution in [0.25, 0.3) is 0 Å². The molecule has 0 atom stereocenters. The minimum absolute atomic E-state index is 0.132. The highest BCUT2D eigenvalue weighted by molar-refractivity contribution is 7.99. The molecule has 5 nitrogen and oxygen atoms in total. The van der Waals surface area contributed by atoms with E-state index in [4.69, 9.17) is 0 Å². The highest BCUT2D eigenvalue weighted by Gasteiger charge is 2.24. The molecule has 0 spiro atoms. The summed E-state index contributed by atoms with van der Waals surface area (Å²) in [5, 5.41) is 2.97. The van der Waals surface area contributed by atoms with Gasteiger partial charge in [-0.1, -0.05) is 0 Å². The van der Waals surface area contributed by atoms with Crippen LogP contribution in [0.4, 0.5) is 5.69 Å². The fourth-order valence-corrected chi connectivity index (χ4v) is 5.44. The number of hydrogen-bond acceptors (Lipinski definition) is 4. The highest BCUT2D eigenvalue weighted by Crippen LogP contribution is 2.31. The molecule has 0 saturated carbocycles. The summed E-state index contributed by atoms with van der Waals surface area (Å²) in [4.78, 5) is 30.6. The lowest BCUT2D eigenvalue weighted by molar-refractivity contribution is 0.0950. The van der Waals surface area contributed by atoms with Gasteiger partial charge >= 0.3 is 0 Å². The van der Waals surface area contributed by atoms with Gasteiger partial charge in [0.1, 0.15) is 0 Å². The fraction of sp³-hybridized carbons (Fsp3) is 0.500. The summed E-state index contributed by atoms with van der Waals surface area (Å²) in [5.41, 5.74) is 6.12. The van der Waals surface area contributed by atoms with Crippen molar-refractivity contribution in [2.45, 2.75) is 60.0 Å². The summed E-state index contributed by atoms with van der Waals surface area (Å²) in [6.07, 6.45) is 2.37. The Balaban J connectivity index is 1.85. The summed E-state index contributed by atoms with van der Waals surface area (Å²) in [5.74, 6) is 2.26. The second-order valence-corrected chi connectivity index (χ2v) is 9.44. The first-order valence-electron chi connectivity index (χ1n) is 10.7. The van der Waals surface area contributed by atoms with Crippen LogP contribution in [0.1, 0.15) is 58.1 Å². The Morgan fingerprint density at radius 3 is 2.50 bits per heavy atom. The molecule has 0 bridgehead atoms. The smallest absolute Gasteiger partial charge is 0.253 e. The SMILES string of the molecule is CCN(c1cc(C)cc(C(=O)NCc2c(C)cc(C)[nH]c2=O)c1C)C1CCSCC1. The number of anilines is 1. The number of aromatic nitrogens is 1. The summed E-state index contributed by atoms with van der Waals surface area (Å²) in [6, 6.07) is 6.61. The molecule has 1 aromatic carbocycles. The number of amides is 1. The third-order valence-electron chi connectivity index (χ3n) is 5.97. The van der Waals surface area contributed by atoms with Gasteiger partial charge < -0.3 is 15.2 Å². The number of rotatable bonds is 6. The number of nitrogens with one attached hydrogen (secondary N) is 2. The van der Waals surface area contributed by atoms with E-state index in [1.165, 1.54) is 24.3 Å². The lowest BCUT2D eigenvalue weighted by Gasteiger charge is -2.36. The average molecular weight is 428 g/mol. The number of H-pyrrole nitrogens is 1. The van der Waals surface area contributed by atoms with Crippen LogP contribution in [0.15, 0.2) is 23.0 Å². The topological polar surface area (TPSA) is 65.2 Å². The molecule has 30 heavy (non-hydrogen) atoms. The molecule has 1 aliphatic heterocycles. The van der Waals surface area contributed by atoms with Crippen molar-refractivity contribution < 1.29 is 4.79 Å². The van der Waals surface area contributed by atoms with Gasteiger partial charge in [-0.15, -0.1) is 0 Å². The second-order valence-electron chi connectivity index (χ2n) is 8.21. The summed E-state index contributed by atoms with van der Waals surface area (Å²) >= 11 is 2.03. The second kappa shape index (κ2) is 9.73.